The molecule has 4 rings (SSSR count). The highest BCUT2D eigenvalue weighted by Gasteiger charge is 2.35. The zero-order chi connectivity index (χ0) is 18.8. The normalized spacial score (nSPS) is 20.6. The van der Waals surface area contributed by atoms with Crippen molar-refractivity contribution in [1.82, 2.24) is 5.32 Å². The Hall–Kier alpha value is -3.35. The minimum Gasteiger partial charge on any atom is -0.488 e. The molecule has 2 aliphatic heterocycles. The summed E-state index contributed by atoms with van der Waals surface area (Å²) in [5.41, 5.74) is 7.65. The van der Waals surface area contributed by atoms with E-state index in [1.165, 1.54) is 5.01 Å². The molecule has 2 aromatic carbocycles. The van der Waals surface area contributed by atoms with Gasteiger partial charge in [-0.2, -0.15) is 5.10 Å². The van der Waals surface area contributed by atoms with Crippen LogP contribution in [0.25, 0.3) is 0 Å². The Kier molecular flexibility index (Phi) is 4.50. The van der Waals surface area contributed by atoms with Crippen LogP contribution in [0.2, 0.25) is 0 Å². The Morgan fingerprint density at radius 3 is 2.59 bits per heavy atom. The maximum Gasteiger partial charge on any atom is 0.267 e. The molecule has 2 aromatic rings. The second kappa shape index (κ2) is 7.11. The van der Waals surface area contributed by atoms with Crippen LogP contribution >= 0.6 is 0 Å². The molecule has 0 aromatic heterocycles. The molecule has 0 saturated heterocycles. The van der Waals surface area contributed by atoms with Gasteiger partial charge >= 0.3 is 0 Å². The zero-order valence-corrected chi connectivity index (χ0v) is 14.7. The second-order valence-electron chi connectivity index (χ2n) is 6.61. The molecule has 0 aliphatic carbocycles. The van der Waals surface area contributed by atoms with Gasteiger partial charge in [-0.3, -0.25) is 14.6 Å². The number of benzene rings is 2. The number of nitrogens with zero attached hydrogens (tertiary/aromatic N) is 2. The zero-order valence-electron chi connectivity index (χ0n) is 14.7. The van der Waals surface area contributed by atoms with E-state index >= 15 is 0 Å². The lowest BCUT2D eigenvalue weighted by Crippen LogP contribution is -2.40. The van der Waals surface area contributed by atoms with Crippen molar-refractivity contribution in [2.24, 2.45) is 10.8 Å². The van der Waals surface area contributed by atoms with Crippen molar-refractivity contribution < 1.29 is 14.3 Å². The number of rotatable bonds is 5. The van der Waals surface area contributed by atoms with E-state index in [2.05, 4.69) is 10.4 Å². The molecule has 7 heteroatoms. The van der Waals surface area contributed by atoms with Crippen LogP contribution in [-0.4, -0.2) is 36.2 Å². The Bertz CT molecular complexity index is 872. The largest absolute Gasteiger partial charge is 0.488 e. The molecule has 0 radical (unpaired) electrons. The number of fused-ring (bicyclic) bond motifs is 1. The van der Waals surface area contributed by atoms with Gasteiger partial charge in [0, 0.05) is 12.8 Å². The maximum absolute atomic E-state index is 12.5. The molecule has 138 valence electrons. The number of hydrogen-bond donors (Lipinski definition) is 2. The van der Waals surface area contributed by atoms with E-state index in [9.17, 15) is 9.59 Å². The van der Waals surface area contributed by atoms with Gasteiger partial charge < -0.3 is 15.8 Å². The Balaban J connectivity index is 1.41. The molecule has 0 bridgehead atoms. The summed E-state index contributed by atoms with van der Waals surface area (Å²) < 4.78 is 5.83. The summed E-state index contributed by atoms with van der Waals surface area (Å²) in [7, 11) is 0. The third kappa shape index (κ3) is 3.48. The number of carbonyl (C=O) groups is 2. The Morgan fingerprint density at radius 2 is 1.85 bits per heavy atom. The van der Waals surface area contributed by atoms with Gasteiger partial charge in [-0.1, -0.05) is 36.4 Å². The van der Waals surface area contributed by atoms with Crippen molar-refractivity contribution in [3.05, 3.63) is 60.2 Å². The lowest BCUT2D eigenvalue weighted by Gasteiger charge is -2.20. The van der Waals surface area contributed by atoms with Crippen molar-refractivity contribution in [3.63, 3.8) is 0 Å². The molecule has 0 unspecified atom stereocenters. The van der Waals surface area contributed by atoms with E-state index in [0.29, 0.717) is 6.54 Å². The van der Waals surface area contributed by atoms with Crippen LogP contribution < -0.4 is 20.8 Å². The summed E-state index contributed by atoms with van der Waals surface area (Å²) in [6.45, 7) is 0.374. The van der Waals surface area contributed by atoms with E-state index < -0.39 is 11.9 Å². The highest BCUT2D eigenvalue weighted by Crippen LogP contribution is 2.28. The lowest BCUT2D eigenvalue weighted by molar-refractivity contribution is -0.119. The number of carbonyl (C=O) groups excluding carboxylic acids is 2. The molecule has 0 fully saturated rings. The van der Waals surface area contributed by atoms with Gasteiger partial charge in [0.1, 0.15) is 23.6 Å². The fraction of sp³-hybridized carbons (Fsp3) is 0.250. The summed E-state index contributed by atoms with van der Waals surface area (Å²) in [4.78, 5) is 24.3. The van der Waals surface area contributed by atoms with Crippen molar-refractivity contribution in [2.45, 2.75) is 25.0 Å². The van der Waals surface area contributed by atoms with E-state index in [1.54, 1.807) is 0 Å². The standard InChI is InChI=1S/C20H20N4O3/c21-19(25)17-11-16(23-24(17)14-7-2-1-3-8-14)20(26)22-12-15-10-13-6-4-5-9-18(13)27-15/h1-9,15,17H,10-12H2,(H2,21,25)(H,22,26)/t15-,17-/m0/s1. The summed E-state index contributed by atoms with van der Waals surface area (Å²) >= 11 is 0. The van der Waals surface area contributed by atoms with Crippen LogP contribution in [0.3, 0.4) is 0 Å². The molecule has 2 heterocycles. The predicted molar refractivity (Wildman–Crippen MR) is 102 cm³/mol. The minimum atomic E-state index is -0.667. The molecule has 2 aliphatic rings. The van der Waals surface area contributed by atoms with Crippen molar-refractivity contribution in [3.8, 4) is 5.75 Å². The number of amides is 2. The first kappa shape index (κ1) is 17.1. The molecule has 0 spiro atoms. The highest BCUT2D eigenvalue weighted by atomic mass is 16.5. The summed E-state index contributed by atoms with van der Waals surface area (Å²) in [5.74, 6) is 0.0400. The number of ether oxygens (including phenoxy) is 1. The number of nitrogens with two attached hydrogens (primary N) is 1. The molecule has 3 N–H and O–H groups in total. The van der Waals surface area contributed by atoms with Gasteiger partial charge in [0.25, 0.3) is 5.91 Å². The fourth-order valence-corrected chi connectivity index (χ4v) is 3.36. The average Bonchev–Trinajstić information content (AvgIpc) is 3.31. The van der Waals surface area contributed by atoms with E-state index in [1.807, 2.05) is 54.6 Å². The van der Waals surface area contributed by atoms with Gasteiger partial charge in [-0.05, 0) is 23.8 Å². The first-order chi connectivity index (χ1) is 13.1. The first-order valence-corrected chi connectivity index (χ1v) is 8.85. The quantitative estimate of drug-likeness (QED) is 0.834. The molecule has 2 atom stereocenters. The smallest absolute Gasteiger partial charge is 0.267 e. The van der Waals surface area contributed by atoms with Crippen LogP contribution in [0, 0.1) is 0 Å². The highest BCUT2D eigenvalue weighted by molar-refractivity contribution is 6.40. The monoisotopic (exact) mass is 364 g/mol. The summed E-state index contributed by atoms with van der Waals surface area (Å²) in [5, 5.41) is 8.71. The molecule has 2 amide bonds. The minimum absolute atomic E-state index is 0.106. The average molecular weight is 364 g/mol. The molecule has 7 nitrogen and oxygen atoms in total. The van der Waals surface area contributed by atoms with Gasteiger partial charge in [0.05, 0.1) is 12.2 Å². The van der Waals surface area contributed by atoms with Crippen LogP contribution in [0.15, 0.2) is 59.7 Å². The number of primary amides is 1. The van der Waals surface area contributed by atoms with E-state index in [0.717, 1.165) is 23.4 Å². The van der Waals surface area contributed by atoms with Gasteiger partial charge in [0.2, 0.25) is 5.91 Å². The number of hydrazone groups is 1. The number of hydrogen-bond acceptors (Lipinski definition) is 5. The fourth-order valence-electron chi connectivity index (χ4n) is 3.36. The van der Waals surface area contributed by atoms with Crippen LogP contribution in [0.4, 0.5) is 5.69 Å². The topological polar surface area (TPSA) is 97.0 Å². The first-order valence-electron chi connectivity index (χ1n) is 8.85. The second-order valence-corrected chi connectivity index (χ2v) is 6.61. The van der Waals surface area contributed by atoms with Gasteiger partial charge in [-0.25, -0.2) is 0 Å². The van der Waals surface area contributed by atoms with E-state index in [4.69, 9.17) is 10.5 Å². The Morgan fingerprint density at radius 1 is 1.11 bits per heavy atom. The molecule has 27 heavy (non-hydrogen) atoms. The van der Waals surface area contributed by atoms with Crippen molar-refractivity contribution >= 4 is 23.2 Å². The predicted octanol–water partition coefficient (Wildman–Crippen LogP) is 1.23. The molecule has 0 saturated carbocycles. The molecular weight excluding hydrogens is 344 g/mol. The summed E-state index contributed by atoms with van der Waals surface area (Å²) in [6, 6.07) is 16.4. The van der Waals surface area contributed by atoms with Crippen molar-refractivity contribution in [1.29, 1.82) is 0 Å². The van der Waals surface area contributed by atoms with Crippen LogP contribution in [0.5, 0.6) is 5.75 Å². The SMILES string of the molecule is NC(=O)[C@@H]1CC(C(=O)NC[C@@H]2Cc3ccccc3O2)=NN1c1ccccc1. The lowest BCUT2D eigenvalue weighted by atomic mass is 10.1. The molecular formula is C20H20N4O3. The summed E-state index contributed by atoms with van der Waals surface area (Å²) in [6.07, 6.45) is 0.829. The van der Waals surface area contributed by atoms with Crippen LogP contribution in [0.1, 0.15) is 12.0 Å². The third-order valence-corrected chi connectivity index (χ3v) is 4.73. The number of nitrogens with one attached hydrogen (secondary N) is 1. The number of anilines is 1. The van der Waals surface area contributed by atoms with Crippen molar-refractivity contribution in [2.75, 3.05) is 11.6 Å². The Labute approximate surface area is 156 Å². The number of para-hydroxylation sites is 2. The van der Waals surface area contributed by atoms with Crippen LogP contribution in [-0.2, 0) is 16.0 Å². The van der Waals surface area contributed by atoms with Gasteiger partial charge in [-0.15, -0.1) is 0 Å². The van der Waals surface area contributed by atoms with E-state index in [-0.39, 0.29) is 24.1 Å². The van der Waals surface area contributed by atoms with Gasteiger partial charge in [0.15, 0.2) is 0 Å². The maximum atomic E-state index is 12.5. The third-order valence-electron chi connectivity index (χ3n) is 4.73.